The van der Waals surface area contributed by atoms with Gasteiger partial charge in [0.15, 0.2) is 41.3 Å². The third-order valence-corrected chi connectivity index (χ3v) is 10.5. The van der Waals surface area contributed by atoms with E-state index in [4.69, 9.17) is 47.4 Å². The molecule has 4 heterocycles. The molecule has 2 aromatic carbocycles. The highest BCUT2D eigenvalue weighted by Crippen LogP contribution is 2.43. The number of hydrogen-bond donors (Lipinski definition) is 8. The van der Waals surface area contributed by atoms with Crippen LogP contribution in [0.25, 0.3) is 0 Å². The number of para-hydroxylation sites is 2. The minimum Gasteiger partial charge on any atom is -0.504 e. The number of hydrogen-bond acceptors (Lipinski definition) is 23. The fourth-order valence-corrected chi connectivity index (χ4v) is 7.24. The van der Waals surface area contributed by atoms with Crippen LogP contribution in [0.3, 0.4) is 0 Å². The highest BCUT2D eigenvalue weighted by Gasteiger charge is 2.58. The number of benzene rings is 2. The third-order valence-electron chi connectivity index (χ3n) is 10.5. The molecule has 2 aromatic rings. The summed E-state index contributed by atoms with van der Waals surface area (Å²) in [5.41, 5.74) is -3.53. The van der Waals surface area contributed by atoms with Crippen molar-refractivity contribution in [2.45, 2.75) is 93.6 Å². The molecule has 0 aromatic heterocycles. The van der Waals surface area contributed by atoms with E-state index in [0.29, 0.717) is 0 Å². The van der Waals surface area contributed by atoms with Crippen molar-refractivity contribution < 1.29 is 112 Å². The number of phenolic OH excluding ortho intramolecular Hbond substituents is 3. The van der Waals surface area contributed by atoms with Gasteiger partial charge in [0.2, 0.25) is 18.9 Å². The average Bonchev–Trinajstić information content (AvgIpc) is 3.23. The van der Waals surface area contributed by atoms with E-state index < -0.39 is 156 Å². The van der Waals surface area contributed by atoms with E-state index in [1.165, 1.54) is 18.2 Å². The summed E-state index contributed by atoms with van der Waals surface area (Å²) < 4.78 is 56.1. The van der Waals surface area contributed by atoms with Crippen LogP contribution >= 0.6 is 0 Å². The van der Waals surface area contributed by atoms with Gasteiger partial charge in [-0.1, -0.05) is 18.2 Å². The van der Waals surface area contributed by atoms with Gasteiger partial charge in [0.1, 0.15) is 59.4 Å². The van der Waals surface area contributed by atoms with Gasteiger partial charge in [-0.3, -0.25) is 9.59 Å². The fraction of sp³-hybridized carbons (Fsp3) is 0.475. The Hall–Kier alpha value is -6.05. The van der Waals surface area contributed by atoms with Gasteiger partial charge < -0.3 is 88.2 Å². The molecule has 4 aliphatic heterocycles. The topological polar surface area (TPSA) is 339 Å². The Bertz CT molecular complexity index is 2100. The molecule has 342 valence electrons. The smallest absolute Gasteiger partial charge is 0.342 e. The standard InChI is InChI=1S/C40H44O23/c1-4-20-37(56-14-21-36(52)54-12-11-40(20,21)53)63-39-33(57-17(3)43)32(62-34(50)18-7-5-9-22(44)26(18)45)31(25(60-39)15-55-16(2)42)61-35(51)19-8-6-10-23(27(19)46)58-38-30(49)29(48)28(47)24(13-41)59-38/h4-10,14,20,24-25,28-33,37-39,41,44-49,53H,1,11-13,15H2,2-3H3. The van der Waals surface area contributed by atoms with Crippen LogP contribution in [0.1, 0.15) is 41.0 Å². The molecule has 0 bridgehead atoms. The van der Waals surface area contributed by atoms with Crippen molar-refractivity contribution in [3.05, 3.63) is 72.0 Å². The van der Waals surface area contributed by atoms with E-state index in [9.17, 15) is 64.8 Å². The van der Waals surface area contributed by atoms with E-state index in [-0.39, 0.29) is 18.6 Å². The van der Waals surface area contributed by atoms with Crippen LogP contribution in [-0.4, -0.2) is 164 Å². The molecule has 63 heavy (non-hydrogen) atoms. The summed E-state index contributed by atoms with van der Waals surface area (Å²) in [6, 6.07) is 6.60. The van der Waals surface area contributed by atoms with Crippen LogP contribution in [0, 0.1) is 5.92 Å². The van der Waals surface area contributed by atoms with Gasteiger partial charge in [-0.25, -0.2) is 14.4 Å². The van der Waals surface area contributed by atoms with Gasteiger partial charge in [-0.2, -0.15) is 0 Å². The maximum absolute atomic E-state index is 14.1. The molecule has 13 atom stereocenters. The second-order valence-electron chi connectivity index (χ2n) is 14.5. The predicted octanol–water partition coefficient (Wildman–Crippen LogP) is -1.31. The molecule has 0 radical (unpaired) electrons. The fourth-order valence-electron chi connectivity index (χ4n) is 7.24. The van der Waals surface area contributed by atoms with Crippen molar-refractivity contribution >= 4 is 29.8 Å². The van der Waals surface area contributed by atoms with Crippen LogP contribution in [0.2, 0.25) is 0 Å². The summed E-state index contributed by atoms with van der Waals surface area (Å²) in [7, 11) is 0. The van der Waals surface area contributed by atoms with E-state index >= 15 is 0 Å². The Morgan fingerprint density at radius 2 is 1.46 bits per heavy atom. The van der Waals surface area contributed by atoms with Crippen LogP contribution in [0.5, 0.6) is 23.0 Å². The molecule has 13 unspecified atom stereocenters. The number of cyclic esters (lactones) is 1. The molecule has 0 aliphatic carbocycles. The van der Waals surface area contributed by atoms with Crippen molar-refractivity contribution in [1.29, 1.82) is 0 Å². The van der Waals surface area contributed by atoms with E-state index in [0.717, 1.165) is 44.4 Å². The van der Waals surface area contributed by atoms with Crippen molar-refractivity contribution in [2.24, 2.45) is 5.92 Å². The van der Waals surface area contributed by atoms with Gasteiger partial charge in [0.25, 0.3) is 0 Å². The number of ether oxygens (including phenoxy) is 10. The summed E-state index contributed by atoms with van der Waals surface area (Å²) >= 11 is 0. The molecule has 4 aliphatic rings. The number of aliphatic hydroxyl groups is 5. The normalized spacial score (nSPS) is 32.6. The van der Waals surface area contributed by atoms with Gasteiger partial charge >= 0.3 is 29.8 Å². The number of esters is 5. The maximum atomic E-state index is 14.1. The highest BCUT2D eigenvalue weighted by atomic mass is 16.8. The number of carbonyl (C=O) groups is 5. The molecule has 0 spiro atoms. The molecule has 6 rings (SSSR count). The summed E-state index contributed by atoms with van der Waals surface area (Å²) in [4.78, 5) is 65.3. The Labute approximate surface area is 356 Å². The maximum Gasteiger partial charge on any atom is 0.342 e. The monoisotopic (exact) mass is 892 g/mol. The van der Waals surface area contributed by atoms with Crippen molar-refractivity contribution in [1.82, 2.24) is 0 Å². The second kappa shape index (κ2) is 19.1. The average molecular weight is 893 g/mol. The summed E-state index contributed by atoms with van der Waals surface area (Å²) in [6.45, 7) is 3.88. The van der Waals surface area contributed by atoms with Crippen LogP contribution in [0.4, 0.5) is 0 Å². The van der Waals surface area contributed by atoms with Gasteiger partial charge in [0.05, 0.1) is 25.4 Å². The largest absolute Gasteiger partial charge is 0.504 e. The molecule has 0 amide bonds. The third kappa shape index (κ3) is 9.50. The van der Waals surface area contributed by atoms with Gasteiger partial charge in [-0.05, 0) is 24.3 Å². The molecular formula is C40H44O23. The molecule has 3 saturated heterocycles. The zero-order valence-corrected chi connectivity index (χ0v) is 33.3. The summed E-state index contributed by atoms with van der Waals surface area (Å²) in [5, 5.41) is 84.0. The summed E-state index contributed by atoms with van der Waals surface area (Å²) in [5.74, 6) is -10.1. The molecular weight excluding hydrogens is 848 g/mol. The minimum atomic E-state index is -2.06. The van der Waals surface area contributed by atoms with Crippen LogP contribution in [-0.2, 0) is 57.0 Å². The van der Waals surface area contributed by atoms with E-state index in [2.05, 4.69) is 6.58 Å². The summed E-state index contributed by atoms with van der Waals surface area (Å²) in [6.07, 6.45) is -18.1. The van der Waals surface area contributed by atoms with E-state index in [1.54, 1.807) is 0 Å². The van der Waals surface area contributed by atoms with Crippen LogP contribution in [0.15, 0.2) is 60.9 Å². The zero-order valence-electron chi connectivity index (χ0n) is 33.3. The lowest BCUT2D eigenvalue weighted by Gasteiger charge is -2.48. The Morgan fingerprint density at radius 1 is 0.810 bits per heavy atom. The zero-order chi connectivity index (χ0) is 45.9. The Morgan fingerprint density at radius 3 is 2.11 bits per heavy atom. The minimum absolute atomic E-state index is 0.133. The SMILES string of the molecule is C=CC1C(OC2OC(COC(C)=O)C(OC(=O)c3cccc(OC4OC(CO)C(O)C(O)C4O)c3O)C(OC(=O)c3cccc(O)c3O)C2OC(C)=O)OC=C2C(=O)OCCC21O. The second-order valence-corrected chi connectivity index (χ2v) is 14.5. The number of carbonyl (C=O) groups excluding carboxylic acids is 5. The predicted molar refractivity (Wildman–Crippen MR) is 200 cm³/mol. The van der Waals surface area contributed by atoms with Crippen LogP contribution < -0.4 is 4.74 Å². The van der Waals surface area contributed by atoms with Crippen molar-refractivity contribution in [3.8, 4) is 23.0 Å². The molecule has 23 nitrogen and oxygen atoms in total. The Kier molecular flexibility index (Phi) is 14.1. The first-order valence-corrected chi connectivity index (χ1v) is 19.1. The number of aliphatic hydroxyl groups excluding tert-OH is 4. The number of fused-ring (bicyclic) bond motifs is 1. The first kappa shape index (κ1) is 46.5. The first-order valence-electron chi connectivity index (χ1n) is 19.1. The van der Waals surface area contributed by atoms with Crippen molar-refractivity contribution in [2.75, 3.05) is 19.8 Å². The Balaban J connectivity index is 1.38. The van der Waals surface area contributed by atoms with Gasteiger partial charge in [-0.15, -0.1) is 6.58 Å². The molecule has 8 N–H and O–H groups in total. The molecule has 0 saturated carbocycles. The molecule has 23 heteroatoms. The van der Waals surface area contributed by atoms with Crippen molar-refractivity contribution in [3.63, 3.8) is 0 Å². The molecule has 3 fully saturated rings. The lowest BCUT2D eigenvalue weighted by Crippen LogP contribution is -2.64. The van der Waals surface area contributed by atoms with Gasteiger partial charge in [0, 0.05) is 20.3 Å². The number of phenols is 3. The van der Waals surface area contributed by atoms with E-state index in [1.807, 2.05) is 0 Å². The highest BCUT2D eigenvalue weighted by molar-refractivity contribution is 5.94. The number of aromatic hydroxyl groups is 3. The first-order chi connectivity index (χ1) is 29.9. The number of rotatable bonds is 13. The lowest BCUT2D eigenvalue weighted by molar-refractivity contribution is -0.344. The quantitative estimate of drug-likeness (QED) is 0.0501. The lowest BCUT2D eigenvalue weighted by atomic mass is 9.76.